The summed E-state index contributed by atoms with van der Waals surface area (Å²) in [6, 6.07) is 11.8. The molecule has 0 aliphatic carbocycles. The van der Waals surface area contributed by atoms with E-state index in [1.807, 2.05) is 75.2 Å². The Morgan fingerprint density at radius 2 is 1.62 bits per heavy atom. The molecule has 2 amide bonds. The van der Waals surface area contributed by atoms with Crippen molar-refractivity contribution in [3.63, 3.8) is 0 Å². The van der Waals surface area contributed by atoms with E-state index in [1.54, 1.807) is 4.90 Å². The molecule has 1 aromatic heterocycles. The highest BCUT2D eigenvalue weighted by atomic mass is 35.5. The maximum atomic E-state index is 13.3. The van der Waals surface area contributed by atoms with Crippen LogP contribution in [-0.2, 0) is 22.7 Å². The monoisotopic (exact) mass is 459 g/mol. The van der Waals surface area contributed by atoms with Gasteiger partial charge in [-0.1, -0.05) is 57.5 Å². The summed E-state index contributed by atoms with van der Waals surface area (Å²) in [5.41, 5.74) is 2.09. The fourth-order valence-corrected chi connectivity index (χ4v) is 3.91. The van der Waals surface area contributed by atoms with Crippen LogP contribution < -0.4 is 0 Å². The van der Waals surface area contributed by atoms with E-state index in [1.165, 1.54) is 0 Å². The van der Waals surface area contributed by atoms with Crippen molar-refractivity contribution in [2.75, 3.05) is 13.1 Å². The van der Waals surface area contributed by atoms with Gasteiger partial charge < -0.3 is 14.4 Å². The van der Waals surface area contributed by atoms with E-state index >= 15 is 0 Å². The minimum atomic E-state index is -0.0185. The van der Waals surface area contributed by atoms with Crippen LogP contribution in [0.15, 0.2) is 42.6 Å². The lowest BCUT2D eigenvalue weighted by Crippen LogP contribution is -2.46. The lowest BCUT2D eigenvalue weighted by molar-refractivity contribution is -0.143. The van der Waals surface area contributed by atoms with Gasteiger partial charge in [0, 0.05) is 42.5 Å². The van der Waals surface area contributed by atoms with Crippen LogP contribution in [0.3, 0.4) is 0 Å². The number of nitrogens with zero attached hydrogens (tertiary/aromatic N) is 3. The van der Waals surface area contributed by atoms with Crippen molar-refractivity contribution in [3.8, 4) is 0 Å². The van der Waals surface area contributed by atoms with Gasteiger partial charge in [-0.3, -0.25) is 9.59 Å². The topological polar surface area (TPSA) is 45.6 Å². The molecule has 0 fully saturated rings. The van der Waals surface area contributed by atoms with Gasteiger partial charge in [-0.2, -0.15) is 0 Å². The molecule has 0 saturated carbocycles. The smallest absolute Gasteiger partial charge is 0.242 e. The number of rotatable bonds is 11. The van der Waals surface area contributed by atoms with Gasteiger partial charge in [0.25, 0.3) is 0 Å². The van der Waals surface area contributed by atoms with E-state index in [2.05, 4.69) is 18.4 Å². The maximum Gasteiger partial charge on any atom is 0.242 e. The molecule has 0 saturated heterocycles. The number of hydrogen-bond acceptors (Lipinski definition) is 2. The summed E-state index contributed by atoms with van der Waals surface area (Å²) in [7, 11) is 0. The van der Waals surface area contributed by atoms with Gasteiger partial charge in [0.2, 0.25) is 11.8 Å². The largest absolute Gasteiger partial charge is 0.345 e. The Morgan fingerprint density at radius 1 is 0.938 bits per heavy atom. The van der Waals surface area contributed by atoms with Gasteiger partial charge >= 0.3 is 0 Å². The van der Waals surface area contributed by atoms with Crippen LogP contribution in [0.1, 0.15) is 59.2 Å². The highest BCUT2D eigenvalue weighted by Gasteiger charge is 2.25. The Labute approximate surface area is 198 Å². The number of benzene rings is 1. The quantitative estimate of drug-likeness (QED) is 0.448. The lowest BCUT2D eigenvalue weighted by Gasteiger charge is -2.31. The molecule has 2 aromatic rings. The first-order valence-electron chi connectivity index (χ1n) is 11.5. The fourth-order valence-electron chi connectivity index (χ4n) is 3.72. The van der Waals surface area contributed by atoms with Gasteiger partial charge in [0.1, 0.15) is 0 Å². The molecule has 0 spiro atoms. The standard InChI is InChI=1S/C26H38ClN3O2/c1-19(2)14-25(31)30(21(5)6)18-26(32)29(15-20(3)4)17-23-11-9-13-28(23)16-22-10-7-8-12-24(22)27/h7-13,19-21H,14-18H2,1-6H3. The van der Waals surface area contributed by atoms with Crippen molar-refractivity contribution in [2.24, 2.45) is 11.8 Å². The van der Waals surface area contributed by atoms with Gasteiger partial charge in [-0.05, 0) is 49.4 Å². The van der Waals surface area contributed by atoms with Crippen LogP contribution in [-0.4, -0.2) is 45.3 Å². The third-order valence-electron chi connectivity index (χ3n) is 5.35. The molecule has 0 aliphatic heterocycles. The predicted molar refractivity (Wildman–Crippen MR) is 132 cm³/mol. The van der Waals surface area contributed by atoms with Crippen LogP contribution in [0, 0.1) is 11.8 Å². The third-order valence-corrected chi connectivity index (χ3v) is 5.71. The van der Waals surface area contributed by atoms with E-state index < -0.39 is 0 Å². The summed E-state index contributed by atoms with van der Waals surface area (Å²) >= 11 is 6.36. The van der Waals surface area contributed by atoms with Gasteiger partial charge in [-0.25, -0.2) is 0 Å². The van der Waals surface area contributed by atoms with E-state index in [9.17, 15) is 9.59 Å². The molecule has 0 N–H and O–H groups in total. The zero-order chi connectivity index (χ0) is 23.8. The first kappa shape index (κ1) is 26.0. The minimum absolute atomic E-state index is 0.0183. The van der Waals surface area contributed by atoms with Crippen molar-refractivity contribution in [1.29, 1.82) is 0 Å². The van der Waals surface area contributed by atoms with Crippen LogP contribution in [0.5, 0.6) is 0 Å². The zero-order valence-corrected chi connectivity index (χ0v) is 21.1. The summed E-state index contributed by atoms with van der Waals surface area (Å²) in [4.78, 5) is 29.6. The molecule has 1 aromatic carbocycles. The molecule has 0 aliphatic rings. The van der Waals surface area contributed by atoms with Crippen molar-refractivity contribution in [1.82, 2.24) is 14.4 Å². The molecule has 2 rings (SSSR count). The summed E-state index contributed by atoms with van der Waals surface area (Å²) in [6.45, 7) is 14.1. The molecule has 0 unspecified atom stereocenters. The molecule has 5 nitrogen and oxygen atoms in total. The van der Waals surface area contributed by atoms with Gasteiger partial charge in [0.05, 0.1) is 13.1 Å². The highest BCUT2D eigenvalue weighted by molar-refractivity contribution is 6.31. The molecule has 1 heterocycles. The lowest BCUT2D eigenvalue weighted by atomic mass is 10.1. The van der Waals surface area contributed by atoms with Gasteiger partial charge in [0.15, 0.2) is 0 Å². The molecule has 6 heteroatoms. The number of halogens is 1. The number of hydrogen-bond donors (Lipinski definition) is 0. The molecular weight excluding hydrogens is 422 g/mol. The first-order chi connectivity index (χ1) is 15.1. The van der Waals surface area contributed by atoms with Crippen LogP contribution in [0.2, 0.25) is 5.02 Å². The van der Waals surface area contributed by atoms with Crippen molar-refractivity contribution in [3.05, 3.63) is 58.9 Å². The molecule has 0 bridgehead atoms. The second kappa shape index (κ2) is 12.1. The average molecular weight is 460 g/mol. The Bertz CT molecular complexity index is 889. The second-order valence-electron chi connectivity index (χ2n) is 9.60. The van der Waals surface area contributed by atoms with E-state index in [0.29, 0.717) is 32.0 Å². The van der Waals surface area contributed by atoms with Crippen LogP contribution in [0.25, 0.3) is 0 Å². The Balaban J connectivity index is 2.18. The summed E-state index contributed by atoms with van der Waals surface area (Å²) in [5.74, 6) is 0.605. The average Bonchev–Trinajstić information content (AvgIpc) is 3.12. The molecule has 32 heavy (non-hydrogen) atoms. The number of carbonyl (C=O) groups excluding carboxylic acids is 2. The van der Waals surface area contributed by atoms with E-state index in [4.69, 9.17) is 11.6 Å². The highest BCUT2D eigenvalue weighted by Crippen LogP contribution is 2.19. The summed E-state index contributed by atoms with van der Waals surface area (Å²) in [6.07, 6.45) is 2.47. The normalized spacial score (nSPS) is 11.4. The van der Waals surface area contributed by atoms with E-state index in [0.717, 1.165) is 16.3 Å². The summed E-state index contributed by atoms with van der Waals surface area (Å²) < 4.78 is 2.13. The summed E-state index contributed by atoms with van der Waals surface area (Å²) in [5, 5.41) is 0.735. The van der Waals surface area contributed by atoms with Crippen molar-refractivity contribution < 1.29 is 9.59 Å². The van der Waals surface area contributed by atoms with Crippen molar-refractivity contribution in [2.45, 2.75) is 67.1 Å². The third kappa shape index (κ3) is 7.70. The first-order valence-corrected chi connectivity index (χ1v) is 11.9. The second-order valence-corrected chi connectivity index (χ2v) is 10.0. The molecule has 0 radical (unpaired) electrons. The number of carbonyl (C=O) groups is 2. The van der Waals surface area contributed by atoms with Crippen LogP contribution >= 0.6 is 11.6 Å². The SMILES string of the molecule is CC(C)CC(=O)N(CC(=O)N(Cc1cccn1Cc1ccccc1Cl)CC(C)C)C(C)C. The molecule has 0 atom stereocenters. The van der Waals surface area contributed by atoms with E-state index in [-0.39, 0.29) is 30.3 Å². The Kier molecular flexibility index (Phi) is 9.83. The van der Waals surface area contributed by atoms with Gasteiger partial charge in [-0.15, -0.1) is 0 Å². The van der Waals surface area contributed by atoms with Crippen LogP contribution in [0.4, 0.5) is 0 Å². The number of amides is 2. The minimum Gasteiger partial charge on any atom is -0.345 e. The van der Waals surface area contributed by atoms with Crippen molar-refractivity contribution >= 4 is 23.4 Å². The molecular formula is C26H38ClN3O2. The predicted octanol–water partition coefficient (Wildman–Crippen LogP) is 5.46. The fraction of sp³-hybridized carbons (Fsp3) is 0.538. The maximum absolute atomic E-state index is 13.3. The Morgan fingerprint density at radius 3 is 2.22 bits per heavy atom. The molecule has 176 valence electrons. The zero-order valence-electron chi connectivity index (χ0n) is 20.3. The number of aromatic nitrogens is 1. The Hall–Kier alpha value is -2.27.